The predicted molar refractivity (Wildman–Crippen MR) is 89.6 cm³/mol. The number of rotatable bonds is 6. The fourth-order valence-electron chi connectivity index (χ4n) is 2.07. The van der Waals surface area contributed by atoms with Gasteiger partial charge in [0, 0.05) is 36.5 Å². The maximum absolute atomic E-state index is 11.9. The molecule has 0 N–H and O–H groups in total. The van der Waals surface area contributed by atoms with Crippen molar-refractivity contribution in [2.45, 2.75) is 12.8 Å². The molecule has 10 heteroatoms. The minimum Gasteiger partial charge on any atom is -0.426 e. The minimum atomic E-state index is -0.621. The fraction of sp³-hybridized carbons (Fsp3) is 0.125. The zero-order valence-corrected chi connectivity index (χ0v) is 13.9. The van der Waals surface area contributed by atoms with E-state index in [-0.39, 0.29) is 35.2 Å². The first-order valence-electron chi connectivity index (χ1n) is 7.40. The number of hydrogen-bond acceptors (Lipinski definition) is 8. The van der Waals surface area contributed by atoms with Gasteiger partial charge < -0.3 is 9.26 Å². The van der Waals surface area contributed by atoms with Gasteiger partial charge in [-0.2, -0.15) is 4.98 Å². The first kappa shape index (κ1) is 17.5. The predicted octanol–water partition coefficient (Wildman–Crippen LogP) is 3.23. The van der Waals surface area contributed by atoms with Crippen LogP contribution >= 0.6 is 11.6 Å². The van der Waals surface area contributed by atoms with Crippen molar-refractivity contribution in [1.82, 2.24) is 15.1 Å². The van der Waals surface area contributed by atoms with Gasteiger partial charge in [-0.25, -0.2) is 0 Å². The van der Waals surface area contributed by atoms with Gasteiger partial charge >= 0.3 is 5.97 Å². The average Bonchev–Trinajstić information content (AvgIpc) is 3.09. The molecule has 3 aromatic rings. The average molecular weight is 375 g/mol. The van der Waals surface area contributed by atoms with E-state index in [1.165, 1.54) is 18.2 Å². The molecule has 2 aromatic heterocycles. The molecule has 0 fully saturated rings. The number of carbonyl (C=O) groups excluding carboxylic acids is 1. The van der Waals surface area contributed by atoms with Gasteiger partial charge in [0.25, 0.3) is 5.69 Å². The summed E-state index contributed by atoms with van der Waals surface area (Å²) >= 11 is 5.77. The molecular formula is C16H11ClN4O5. The highest BCUT2D eigenvalue weighted by molar-refractivity contribution is 6.32. The lowest BCUT2D eigenvalue weighted by atomic mass is 10.2. The van der Waals surface area contributed by atoms with Crippen molar-refractivity contribution in [3.63, 3.8) is 0 Å². The number of hydrogen-bond donors (Lipinski definition) is 0. The van der Waals surface area contributed by atoms with Gasteiger partial charge in [0.05, 0.1) is 11.3 Å². The molecule has 0 unspecified atom stereocenters. The molecule has 0 saturated heterocycles. The highest BCUT2D eigenvalue weighted by atomic mass is 35.5. The maximum Gasteiger partial charge on any atom is 0.311 e. The lowest BCUT2D eigenvalue weighted by Gasteiger charge is -2.03. The van der Waals surface area contributed by atoms with Crippen LogP contribution < -0.4 is 4.74 Å². The van der Waals surface area contributed by atoms with Crippen LogP contribution in [-0.2, 0) is 11.2 Å². The third kappa shape index (κ3) is 4.19. The van der Waals surface area contributed by atoms with Crippen molar-refractivity contribution in [3.05, 3.63) is 63.8 Å². The first-order valence-corrected chi connectivity index (χ1v) is 7.78. The summed E-state index contributed by atoms with van der Waals surface area (Å²) in [5, 5.41) is 14.4. The molecule has 9 nitrogen and oxygen atoms in total. The highest BCUT2D eigenvalue weighted by Gasteiger charge is 2.15. The summed E-state index contributed by atoms with van der Waals surface area (Å²) < 4.78 is 10.2. The number of halogens is 1. The number of pyridine rings is 1. The largest absolute Gasteiger partial charge is 0.426 e. The number of esters is 1. The molecular weight excluding hydrogens is 364 g/mol. The fourth-order valence-corrected chi connectivity index (χ4v) is 2.30. The van der Waals surface area contributed by atoms with Crippen LogP contribution in [0.15, 0.2) is 47.2 Å². The smallest absolute Gasteiger partial charge is 0.311 e. The Labute approximate surface area is 151 Å². The van der Waals surface area contributed by atoms with E-state index < -0.39 is 10.9 Å². The summed E-state index contributed by atoms with van der Waals surface area (Å²) in [6, 6.07) is 7.16. The lowest BCUT2D eigenvalue weighted by molar-refractivity contribution is -0.384. The van der Waals surface area contributed by atoms with E-state index in [4.69, 9.17) is 20.9 Å². The van der Waals surface area contributed by atoms with Gasteiger partial charge in [-0.15, -0.1) is 0 Å². The van der Waals surface area contributed by atoms with Crippen LogP contribution in [0.1, 0.15) is 12.3 Å². The minimum absolute atomic E-state index is 0.00736. The van der Waals surface area contributed by atoms with Crippen molar-refractivity contribution in [2.75, 3.05) is 0 Å². The van der Waals surface area contributed by atoms with Gasteiger partial charge in [-0.1, -0.05) is 16.8 Å². The molecule has 0 spiro atoms. The van der Waals surface area contributed by atoms with Gasteiger partial charge in [0.15, 0.2) is 0 Å². The third-order valence-corrected chi connectivity index (χ3v) is 3.60. The lowest BCUT2D eigenvalue weighted by Crippen LogP contribution is -2.09. The zero-order valence-electron chi connectivity index (χ0n) is 13.2. The van der Waals surface area contributed by atoms with E-state index in [0.717, 1.165) is 5.56 Å². The molecule has 0 saturated carbocycles. The summed E-state index contributed by atoms with van der Waals surface area (Å²) in [5.74, 6) is 0.251. The summed E-state index contributed by atoms with van der Waals surface area (Å²) in [4.78, 5) is 30.1. The Kier molecular flexibility index (Phi) is 5.18. The molecule has 0 aliphatic heterocycles. The normalized spacial score (nSPS) is 10.5. The van der Waals surface area contributed by atoms with Crippen molar-refractivity contribution >= 4 is 23.3 Å². The first-order chi connectivity index (χ1) is 12.5. The number of aryl methyl sites for hydroxylation is 1. The quantitative estimate of drug-likeness (QED) is 0.279. The van der Waals surface area contributed by atoms with Crippen LogP contribution in [0, 0.1) is 10.1 Å². The van der Waals surface area contributed by atoms with Crippen molar-refractivity contribution in [3.8, 4) is 17.1 Å². The number of nitrogens with zero attached hydrogens (tertiary/aromatic N) is 4. The molecule has 3 rings (SSSR count). The number of aromatic nitrogens is 3. The highest BCUT2D eigenvalue weighted by Crippen LogP contribution is 2.28. The number of benzene rings is 1. The molecule has 1 aromatic carbocycles. The SMILES string of the molecule is O=C(CCc1nc(-c2ccncc2)no1)Oc1ccc([N+](=O)[O-])c(Cl)c1. The second kappa shape index (κ2) is 7.70. The molecule has 0 bridgehead atoms. The molecule has 0 aliphatic carbocycles. The van der Waals surface area contributed by atoms with Crippen LogP contribution in [0.25, 0.3) is 11.4 Å². The Hall–Kier alpha value is -3.33. The summed E-state index contributed by atoms with van der Waals surface area (Å²) in [5.41, 5.74) is 0.485. The Bertz CT molecular complexity index is 945. The Morgan fingerprint density at radius 2 is 2.04 bits per heavy atom. The van der Waals surface area contributed by atoms with Gasteiger partial charge in [0.1, 0.15) is 10.8 Å². The number of ether oxygens (including phenoxy) is 1. The number of nitro benzene ring substituents is 1. The van der Waals surface area contributed by atoms with Crippen molar-refractivity contribution in [2.24, 2.45) is 0 Å². The third-order valence-electron chi connectivity index (χ3n) is 3.30. The van der Waals surface area contributed by atoms with Crippen molar-refractivity contribution in [1.29, 1.82) is 0 Å². The summed E-state index contributed by atoms with van der Waals surface area (Å²) in [6.07, 6.45) is 3.40. The summed E-state index contributed by atoms with van der Waals surface area (Å²) in [6.45, 7) is 0. The van der Waals surface area contributed by atoms with E-state index in [9.17, 15) is 14.9 Å². The second-order valence-electron chi connectivity index (χ2n) is 5.09. The second-order valence-corrected chi connectivity index (χ2v) is 5.50. The Morgan fingerprint density at radius 3 is 2.73 bits per heavy atom. The molecule has 0 radical (unpaired) electrons. The van der Waals surface area contributed by atoms with Crippen LogP contribution in [0.2, 0.25) is 5.02 Å². The zero-order chi connectivity index (χ0) is 18.5. The van der Waals surface area contributed by atoms with Crippen LogP contribution in [0.5, 0.6) is 5.75 Å². The van der Waals surface area contributed by atoms with E-state index >= 15 is 0 Å². The van der Waals surface area contributed by atoms with Crippen molar-refractivity contribution < 1.29 is 19.0 Å². The van der Waals surface area contributed by atoms with Gasteiger partial charge in [-0.3, -0.25) is 19.9 Å². The molecule has 0 amide bonds. The molecule has 0 aliphatic rings. The number of nitro groups is 1. The van der Waals surface area contributed by atoms with Crippen LogP contribution in [0.3, 0.4) is 0 Å². The van der Waals surface area contributed by atoms with Gasteiger partial charge in [-0.05, 0) is 18.2 Å². The summed E-state index contributed by atoms with van der Waals surface area (Å²) in [7, 11) is 0. The standard InChI is InChI=1S/C16H11ClN4O5/c17-12-9-11(1-2-13(12)21(23)24)25-15(22)4-3-14-19-16(20-26-14)10-5-7-18-8-6-10/h1-2,5-9H,3-4H2. The van der Waals surface area contributed by atoms with E-state index in [1.54, 1.807) is 24.5 Å². The molecule has 132 valence electrons. The molecule has 2 heterocycles. The van der Waals surface area contributed by atoms with E-state index in [0.29, 0.717) is 5.82 Å². The van der Waals surface area contributed by atoms with Crippen LogP contribution in [-0.4, -0.2) is 26.0 Å². The van der Waals surface area contributed by atoms with E-state index in [1.807, 2.05) is 0 Å². The molecule has 0 atom stereocenters. The monoisotopic (exact) mass is 374 g/mol. The maximum atomic E-state index is 11.9. The van der Waals surface area contributed by atoms with Gasteiger partial charge in [0.2, 0.25) is 11.7 Å². The molecule has 26 heavy (non-hydrogen) atoms. The van der Waals surface area contributed by atoms with Crippen LogP contribution in [0.4, 0.5) is 5.69 Å². The Morgan fingerprint density at radius 1 is 1.27 bits per heavy atom. The number of carbonyl (C=O) groups is 1. The topological polar surface area (TPSA) is 121 Å². The Balaban J connectivity index is 1.57. The van der Waals surface area contributed by atoms with E-state index in [2.05, 4.69) is 15.1 Å².